The second-order valence-corrected chi connectivity index (χ2v) is 3.34. The molecule has 0 saturated heterocycles. The molecule has 0 unspecified atom stereocenters. The van der Waals surface area contributed by atoms with Crippen LogP contribution in [0.5, 0.6) is 0 Å². The van der Waals surface area contributed by atoms with Gasteiger partial charge in [-0.1, -0.05) is 31.4 Å². The quantitative estimate of drug-likeness (QED) is 0.706. The minimum atomic E-state index is 0.551. The van der Waals surface area contributed by atoms with Gasteiger partial charge in [0.2, 0.25) is 0 Å². The second kappa shape index (κ2) is 4.84. The molecule has 0 aliphatic heterocycles. The smallest absolute Gasteiger partial charge is 0.168 e. The summed E-state index contributed by atoms with van der Waals surface area (Å²) in [6.07, 6.45) is 4.98. The van der Waals surface area contributed by atoms with E-state index in [0.717, 1.165) is 18.7 Å². The van der Waals surface area contributed by atoms with Gasteiger partial charge in [0.25, 0.3) is 0 Å². The van der Waals surface area contributed by atoms with Crippen molar-refractivity contribution in [1.82, 2.24) is 15.0 Å². The standard InChI is InChI=1S/C9H18N4/c1-3-4-5-6-7-13-8(2)9(10)11-12-13/h3-7,10H2,1-2H3. The third-order valence-electron chi connectivity index (χ3n) is 2.24. The van der Waals surface area contributed by atoms with Gasteiger partial charge in [0, 0.05) is 6.54 Å². The van der Waals surface area contributed by atoms with Crippen LogP contribution >= 0.6 is 0 Å². The zero-order valence-corrected chi connectivity index (χ0v) is 8.45. The van der Waals surface area contributed by atoms with Crippen LogP contribution in [0.1, 0.15) is 38.3 Å². The molecule has 1 rings (SSSR count). The maximum atomic E-state index is 5.58. The molecule has 1 aromatic heterocycles. The fraction of sp³-hybridized carbons (Fsp3) is 0.778. The molecule has 0 aliphatic carbocycles. The van der Waals surface area contributed by atoms with Crippen LogP contribution in [-0.2, 0) is 6.54 Å². The fourth-order valence-electron chi connectivity index (χ4n) is 1.27. The van der Waals surface area contributed by atoms with Crippen molar-refractivity contribution in [2.24, 2.45) is 0 Å². The van der Waals surface area contributed by atoms with E-state index in [2.05, 4.69) is 17.2 Å². The molecule has 74 valence electrons. The van der Waals surface area contributed by atoms with Gasteiger partial charge in [0.05, 0.1) is 5.69 Å². The molecule has 0 bridgehead atoms. The van der Waals surface area contributed by atoms with E-state index in [9.17, 15) is 0 Å². The maximum absolute atomic E-state index is 5.58. The van der Waals surface area contributed by atoms with Gasteiger partial charge in [-0.2, -0.15) is 0 Å². The van der Waals surface area contributed by atoms with Crippen LogP contribution in [0.3, 0.4) is 0 Å². The van der Waals surface area contributed by atoms with Gasteiger partial charge in [-0.05, 0) is 13.3 Å². The topological polar surface area (TPSA) is 56.7 Å². The highest BCUT2D eigenvalue weighted by atomic mass is 15.4. The van der Waals surface area contributed by atoms with Crippen molar-refractivity contribution in [3.63, 3.8) is 0 Å². The highest BCUT2D eigenvalue weighted by Gasteiger charge is 2.02. The number of nitrogen functional groups attached to an aromatic ring is 1. The molecule has 4 nitrogen and oxygen atoms in total. The Balaban J connectivity index is 2.32. The number of aromatic nitrogens is 3. The average Bonchev–Trinajstić information content (AvgIpc) is 2.43. The van der Waals surface area contributed by atoms with Crippen LogP contribution in [-0.4, -0.2) is 15.0 Å². The van der Waals surface area contributed by atoms with Crippen molar-refractivity contribution < 1.29 is 0 Å². The molecule has 0 atom stereocenters. The Bertz CT molecular complexity index is 254. The molecule has 0 amide bonds. The molecule has 0 saturated carbocycles. The normalized spacial score (nSPS) is 10.6. The monoisotopic (exact) mass is 182 g/mol. The summed E-state index contributed by atoms with van der Waals surface area (Å²) in [5, 5.41) is 7.76. The Morgan fingerprint density at radius 3 is 2.62 bits per heavy atom. The highest BCUT2D eigenvalue weighted by molar-refractivity contribution is 5.30. The molecular weight excluding hydrogens is 164 g/mol. The fourth-order valence-corrected chi connectivity index (χ4v) is 1.27. The van der Waals surface area contributed by atoms with Gasteiger partial charge < -0.3 is 5.73 Å². The summed E-state index contributed by atoms with van der Waals surface area (Å²) in [5.41, 5.74) is 6.56. The average molecular weight is 182 g/mol. The molecule has 0 radical (unpaired) electrons. The molecule has 2 N–H and O–H groups in total. The molecule has 0 aliphatic rings. The van der Waals surface area contributed by atoms with Crippen LogP contribution < -0.4 is 5.73 Å². The largest absolute Gasteiger partial charge is 0.381 e. The molecule has 1 aromatic rings. The van der Waals surface area contributed by atoms with E-state index in [4.69, 9.17) is 5.73 Å². The first-order valence-electron chi connectivity index (χ1n) is 4.91. The lowest BCUT2D eigenvalue weighted by Gasteiger charge is -2.01. The van der Waals surface area contributed by atoms with Gasteiger partial charge in [0.15, 0.2) is 5.82 Å². The number of unbranched alkanes of at least 4 members (excludes halogenated alkanes) is 3. The van der Waals surface area contributed by atoms with Gasteiger partial charge >= 0.3 is 0 Å². The highest BCUT2D eigenvalue weighted by Crippen LogP contribution is 2.07. The first-order chi connectivity index (χ1) is 6.25. The molecular formula is C9H18N4. The van der Waals surface area contributed by atoms with E-state index in [1.165, 1.54) is 19.3 Å². The second-order valence-electron chi connectivity index (χ2n) is 3.34. The summed E-state index contributed by atoms with van der Waals surface area (Å²) >= 11 is 0. The maximum Gasteiger partial charge on any atom is 0.168 e. The lowest BCUT2D eigenvalue weighted by molar-refractivity contribution is 0.519. The van der Waals surface area contributed by atoms with Crippen molar-refractivity contribution >= 4 is 5.82 Å². The van der Waals surface area contributed by atoms with E-state index in [-0.39, 0.29) is 0 Å². The molecule has 1 heterocycles. The van der Waals surface area contributed by atoms with Crippen molar-refractivity contribution in [3.8, 4) is 0 Å². The summed E-state index contributed by atoms with van der Waals surface area (Å²) in [7, 11) is 0. The SMILES string of the molecule is CCCCCCn1nnc(N)c1C. The van der Waals surface area contributed by atoms with E-state index in [0.29, 0.717) is 5.82 Å². The third-order valence-corrected chi connectivity index (χ3v) is 2.24. The van der Waals surface area contributed by atoms with Crippen molar-refractivity contribution in [2.75, 3.05) is 5.73 Å². The predicted octanol–water partition coefficient (Wildman–Crippen LogP) is 1.75. The van der Waals surface area contributed by atoms with E-state index in [1.807, 2.05) is 11.6 Å². The predicted molar refractivity (Wildman–Crippen MR) is 53.3 cm³/mol. The van der Waals surface area contributed by atoms with Crippen LogP contribution in [0.25, 0.3) is 0 Å². The molecule has 0 fully saturated rings. The third kappa shape index (κ3) is 2.72. The number of nitrogens with zero attached hydrogens (tertiary/aromatic N) is 3. The van der Waals surface area contributed by atoms with Crippen molar-refractivity contribution in [1.29, 1.82) is 0 Å². The number of nitrogens with two attached hydrogens (primary N) is 1. The Morgan fingerprint density at radius 2 is 2.08 bits per heavy atom. The van der Waals surface area contributed by atoms with Crippen molar-refractivity contribution in [3.05, 3.63) is 5.69 Å². The van der Waals surface area contributed by atoms with E-state index >= 15 is 0 Å². The zero-order chi connectivity index (χ0) is 9.68. The Labute approximate surface area is 79.1 Å². The number of rotatable bonds is 5. The Morgan fingerprint density at radius 1 is 1.31 bits per heavy atom. The van der Waals surface area contributed by atoms with Crippen LogP contribution in [0.2, 0.25) is 0 Å². The number of hydrogen-bond donors (Lipinski definition) is 1. The van der Waals surface area contributed by atoms with Crippen LogP contribution in [0.15, 0.2) is 0 Å². The summed E-state index contributed by atoms with van der Waals surface area (Å²) < 4.78 is 1.88. The van der Waals surface area contributed by atoms with Crippen molar-refractivity contribution in [2.45, 2.75) is 46.1 Å². The van der Waals surface area contributed by atoms with E-state index < -0.39 is 0 Å². The lowest BCUT2D eigenvalue weighted by Crippen LogP contribution is -2.02. The van der Waals surface area contributed by atoms with E-state index in [1.54, 1.807) is 0 Å². The van der Waals surface area contributed by atoms with Gasteiger partial charge in [0.1, 0.15) is 0 Å². The summed E-state index contributed by atoms with van der Waals surface area (Å²) in [4.78, 5) is 0. The minimum absolute atomic E-state index is 0.551. The minimum Gasteiger partial charge on any atom is -0.381 e. The first-order valence-corrected chi connectivity index (χ1v) is 4.91. The zero-order valence-electron chi connectivity index (χ0n) is 8.45. The first kappa shape index (κ1) is 10.0. The van der Waals surface area contributed by atoms with Crippen LogP contribution in [0, 0.1) is 6.92 Å². The molecule has 0 aromatic carbocycles. The summed E-state index contributed by atoms with van der Waals surface area (Å²) in [6, 6.07) is 0. The van der Waals surface area contributed by atoms with Gasteiger partial charge in [-0.25, -0.2) is 4.68 Å². The number of anilines is 1. The lowest BCUT2D eigenvalue weighted by atomic mass is 10.2. The van der Waals surface area contributed by atoms with Gasteiger partial charge in [-0.3, -0.25) is 0 Å². The Hall–Kier alpha value is -1.06. The molecule has 0 spiro atoms. The number of aryl methyl sites for hydroxylation is 1. The van der Waals surface area contributed by atoms with Gasteiger partial charge in [-0.15, -0.1) is 5.10 Å². The van der Waals surface area contributed by atoms with Crippen LogP contribution in [0.4, 0.5) is 5.82 Å². The number of hydrogen-bond acceptors (Lipinski definition) is 3. The molecule has 4 heteroatoms. The molecule has 13 heavy (non-hydrogen) atoms. The summed E-state index contributed by atoms with van der Waals surface area (Å²) in [6.45, 7) is 5.10. The summed E-state index contributed by atoms with van der Waals surface area (Å²) in [5.74, 6) is 0.551. The Kier molecular flexibility index (Phi) is 3.73.